The highest BCUT2D eigenvalue weighted by Gasteiger charge is 2.77. The van der Waals surface area contributed by atoms with Crippen LogP contribution in [0.25, 0.3) is 0 Å². The van der Waals surface area contributed by atoms with E-state index in [-0.39, 0.29) is 47.5 Å². The van der Waals surface area contributed by atoms with Gasteiger partial charge in [0.25, 0.3) is 0 Å². The number of aliphatic hydroxyl groups excluding tert-OH is 1. The van der Waals surface area contributed by atoms with Crippen LogP contribution in [-0.2, 0) is 14.4 Å². The summed E-state index contributed by atoms with van der Waals surface area (Å²) in [7, 11) is 0. The van der Waals surface area contributed by atoms with Gasteiger partial charge < -0.3 is 19.8 Å². The molecular formula is C32H45N3O4S. The second kappa shape index (κ2) is 12.1. The molecule has 3 unspecified atom stereocenters. The summed E-state index contributed by atoms with van der Waals surface area (Å²) in [6, 6.07) is 8.14. The molecule has 0 radical (unpaired) electrons. The highest BCUT2D eigenvalue weighted by Crippen LogP contribution is 2.69. The molecular weight excluding hydrogens is 522 g/mol. The Labute approximate surface area is 243 Å². The normalized spacial score (nSPS) is 30.2. The van der Waals surface area contributed by atoms with Gasteiger partial charge in [0.2, 0.25) is 17.7 Å². The Morgan fingerprint density at radius 3 is 2.35 bits per heavy atom. The van der Waals surface area contributed by atoms with Crippen molar-refractivity contribution in [1.29, 1.82) is 0 Å². The number of nitrogens with zero attached hydrogens (tertiary/aromatic N) is 3. The van der Waals surface area contributed by atoms with Crippen LogP contribution in [0.15, 0.2) is 55.6 Å². The first-order valence-electron chi connectivity index (χ1n) is 14.6. The predicted octanol–water partition coefficient (Wildman–Crippen LogP) is 4.37. The molecule has 1 aromatic rings. The van der Waals surface area contributed by atoms with E-state index >= 15 is 0 Å². The molecule has 8 atom stereocenters. The summed E-state index contributed by atoms with van der Waals surface area (Å²) >= 11 is 1.67. The number of likely N-dealkylation sites (tertiary alicyclic amines) is 1. The minimum absolute atomic E-state index is 0.0142. The molecule has 40 heavy (non-hydrogen) atoms. The Morgan fingerprint density at radius 2 is 1.80 bits per heavy atom. The number of fused-ring (bicyclic) bond motifs is 1. The van der Waals surface area contributed by atoms with E-state index in [9.17, 15) is 19.5 Å². The van der Waals surface area contributed by atoms with Gasteiger partial charge in [0, 0.05) is 30.1 Å². The number of carbonyl (C=O) groups excluding carboxylic acids is 3. The van der Waals surface area contributed by atoms with Crippen LogP contribution in [0.4, 0.5) is 5.69 Å². The molecule has 3 heterocycles. The molecule has 3 saturated heterocycles. The van der Waals surface area contributed by atoms with Gasteiger partial charge in [-0.3, -0.25) is 14.4 Å². The van der Waals surface area contributed by atoms with Gasteiger partial charge in [0.1, 0.15) is 6.04 Å². The fourth-order valence-corrected chi connectivity index (χ4v) is 9.68. The van der Waals surface area contributed by atoms with Crippen LogP contribution >= 0.6 is 11.8 Å². The van der Waals surface area contributed by atoms with Crippen LogP contribution in [0.5, 0.6) is 0 Å². The van der Waals surface area contributed by atoms with E-state index in [2.05, 4.69) is 20.1 Å². The fraction of sp³-hybridized carbons (Fsp3) is 0.594. The second-order valence-corrected chi connectivity index (χ2v) is 13.4. The molecule has 1 aromatic carbocycles. The Kier molecular flexibility index (Phi) is 9.20. The van der Waals surface area contributed by atoms with Crippen molar-refractivity contribution in [3.63, 3.8) is 0 Å². The number of hydrogen-bond acceptors (Lipinski definition) is 5. The van der Waals surface area contributed by atoms with Gasteiger partial charge in [-0.15, -0.1) is 24.9 Å². The second-order valence-electron chi connectivity index (χ2n) is 11.9. The smallest absolute Gasteiger partial charge is 0.247 e. The molecule has 3 aliphatic heterocycles. The van der Waals surface area contributed by atoms with E-state index in [1.165, 1.54) is 0 Å². The van der Waals surface area contributed by atoms with Crippen LogP contribution in [0.2, 0.25) is 0 Å². The van der Waals surface area contributed by atoms with E-state index < -0.39 is 28.7 Å². The highest BCUT2D eigenvalue weighted by molar-refractivity contribution is 8.02. The third kappa shape index (κ3) is 4.71. The van der Waals surface area contributed by atoms with E-state index in [0.717, 1.165) is 18.5 Å². The minimum atomic E-state index is -0.758. The summed E-state index contributed by atoms with van der Waals surface area (Å²) in [5, 5.41) is 10.5. The Balaban J connectivity index is 1.86. The maximum atomic E-state index is 14.7. The molecule has 1 spiro atoms. The molecule has 0 saturated carbocycles. The van der Waals surface area contributed by atoms with Crippen molar-refractivity contribution in [1.82, 2.24) is 9.80 Å². The first-order valence-corrected chi connectivity index (χ1v) is 15.5. The van der Waals surface area contributed by atoms with Gasteiger partial charge in [-0.1, -0.05) is 57.5 Å². The molecule has 3 aliphatic rings. The van der Waals surface area contributed by atoms with Gasteiger partial charge in [-0.2, -0.15) is 0 Å². The lowest BCUT2D eigenvalue weighted by Gasteiger charge is -2.43. The topological polar surface area (TPSA) is 81.2 Å². The minimum Gasteiger partial charge on any atom is -0.394 e. The van der Waals surface area contributed by atoms with Gasteiger partial charge in [0.05, 0.1) is 29.2 Å². The van der Waals surface area contributed by atoms with E-state index in [1.54, 1.807) is 38.6 Å². The van der Waals surface area contributed by atoms with E-state index in [1.807, 2.05) is 58.0 Å². The number of benzene rings is 1. The summed E-state index contributed by atoms with van der Waals surface area (Å²) < 4.78 is -0.745. The number of anilines is 1. The maximum Gasteiger partial charge on any atom is 0.247 e. The number of hydrogen-bond donors (Lipinski definition) is 1. The predicted molar refractivity (Wildman–Crippen MR) is 162 cm³/mol. The SMILES string of the molecule is C=CCN(C(=O)[C@@H]1[C@H]2C(=O)N([C@@H](CO)[C@@H](C)CC)C(C(=O)N(CC=C)C(C)C)C23S[C@@H]1CC3C)c1ccccc1. The van der Waals surface area contributed by atoms with Crippen LogP contribution in [-0.4, -0.2) is 80.4 Å². The largest absolute Gasteiger partial charge is 0.394 e. The van der Waals surface area contributed by atoms with Gasteiger partial charge in [-0.05, 0) is 44.2 Å². The summed E-state index contributed by atoms with van der Waals surface area (Å²) in [5.41, 5.74) is 0.766. The molecule has 3 amide bonds. The average Bonchev–Trinajstić information content (AvgIpc) is 3.54. The Hall–Kier alpha value is -2.58. The number of carbonyl (C=O) groups is 3. The molecule has 0 aromatic heterocycles. The first-order chi connectivity index (χ1) is 19.1. The number of aliphatic hydroxyl groups is 1. The zero-order valence-electron chi connectivity index (χ0n) is 24.5. The van der Waals surface area contributed by atoms with Gasteiger partial charge >= 0.3 is 0 Å². The van der Waals surface area contributed by atoms with Crippen LogP contribution < -0.4 is 4.90 Å². The zero-order chi connectivity index (χ0) is 29.4. The number of thioether (sulfide) groups is 1. The summed E-state index contributed by atoms with van der Waals surface area (Å²) in [5.74, 6) is -1.55. The van der Waals surface area contributed by atoms with E-state index in [0.29, 0.717) is 13.1 Å². The van der Waals surface area contributed by atoms with Gasteiger partial charge in [0.15, 0.2) is 0 Å². The summed E-state index contributed by atoms with van der Waals surface area (Å²) in [4.78, 5) is 48.8. The monoisotopic (exact) mass is 567 g/mol. The third-order valence-electron chi connectivity index (χ3n) is 9.43. The highest BCUT2D eigenvalue weighted by atomic mass is 32.2. The van der Waals surface area contributed by atoms with Crippen molar-refractivity contribution >= 4 is 35.2 Å². The zero-order valence-corrected chi connectivity index (χ0v) is 25.3. The van der Waals surface area contributed by atoms with Crippen LogP contribution in [0, 0.1) is 23.7 Å². The molecule has 3 fully saturated rings. The molecule has 2 bridgehead atoms. The maximum absolute atomic E-state index is 14.7. The number of rotatable bonds is 12. The van der Waals surface area contributed by atoms with Crippen molar-refractivity contribution in [2.75, 3.05) is 24.6 Å². The summed E-state index contributed by atoms with van der Waals surface area (Å²) in [6.07, 6.45) is 4.94. The molecule has 1 N–H and O–H groups in total. The Bertz CT molecular complexity index is 1130. The van der Waals surface area contributed by atoms with Gasteiger partial charge in [-0.25, -0.2) is 0 Å². The summed E-state index contributed by atoms with van der Waals surface area (Å²) in [6.45, 7) is 18.3. The first kappa shape index (κ1) is 30.4. The van der Waals surface area contributed by atoms with Crippen molar-refractivity contribution in [2.24, 2.45) is 23.7 Å². The number of para-hydroxylation sites is 1. The number of amides is 3. The lowest BCUT2D eigenvalue weighted by molar-refractivity contribution is -0.147. The third-order valence-corrected chi connectivity index (χ3v) is 11.5. The molecule has 7 nitrogen and oxygen atoms in total. The average molecular weight is 568 g/mol. The van der Waals surface area contributed by atoms with Crippen molar-refractivity contribution < 1.29 is 19.5 Å². The van der Waals surface area contributed by atoms with Crippen LogP contribution in [0.3, 0.4) is 0 Å². The lowest BCUT2D eigenvalue weighted by Crippen LogP contribution is -2.61. The fourth-order valence-electron chi connectivity index (χ4n) is 7.28. The quantitative estimate of drug-likeness (QED) is 0.380. The molecule has 0 aliphatic carbocycles. The van der Waals surface area contributed by atoms with E-state index in [4.69, 9.17) is 0 Å². The molecule has 8 heteroatoms. The van der Waals surface area contributed by atoms with Crippen LogP contribution in [0.1, 0.15) is 47.5 Å². The Morgan fingerprint density at radius 1 is 1.15 bits per heavy atom. The lowest BCUT2D eigenvalue weighted by atomic mass is 9.65. The van der Waals surface area contributed by atoms with Crippen molar-refractivity contribution in [2.45, 2.75) is 75.6 Å². The van der Waals surface area contributed by atoms with Crippen molar-refractivity contribution in [3.05, 3.63) is 55.6 Å². The molecule has 4 rings (SSSR count). The standard InChI is InChI=1S/C32H45N3O4S/c1-8-16-33(20(4)5)31(39)28-32-22(7)18-25(40-32)26(27(32)30(38)35(28)24(19-36)21(6)10-3)29(37)34(17-9-2)23-14-12-11-13-15-23/h8-9,11-15,20-22,24-28,36H,1-2,10,16-19H2,3-7H3/t21-,22?,24-,25+,26-,27-,28?,32?/m0/s1. The van der Waals surface area contributed by atoms with Crippen molar-refractivity contribution in [3.8, 4) is 0 Å². The molecule has 218 valence electrons.